The molecule has 1 N–H and O–H groups in total. The maximum atomic E-state index is 10.8. The first-order chi connectivity index (χ1) is 14.3. The molecule has 0 fully saturated rings. The first kappa shape index (κ1) is 18.1. The van der Waals surface area contributed by atoms with Gasteiger partial charge in [0.05, 0.1) is 0 Å². The molecule has 0 radical (unpaired) electrons. The van der Waals surface area contributed by atoms with Crippen molar-refractivity contribution in [1.82, 2.24) is 15.4 Å². The molecule has 0 aliphatic rings. The van der Waals surface area contributed by atoms with Crippen LogP contribution < -0.4 is 0 Å². The van der Waals surface area contributed by atoms with Crippen molar-refractivity contribution >= 4 is 18.4 Å². The van der Waals surface area contributed by atoms with Crippen LogP contribution in [0.3, 0.4) is 0 Å². The van der Waals surface area contributed by atoms with Gasteiger partial charge in [-0.25, -0.2) is 0 Å². The number of H-pyrrole nitrogens is 1. The Morgan fingerprint density at radius 3 is 2.14 bits per heavy atom. The number of aromatic nitrogens is 3. The SMILES string of the molecule is N#Cc1nn[nH]c1-c1ccccc1C=Cc1ccc(-c2ccc(C=O)cc2)cc1. The van der Waals surface area contributed by atoms with E-state index in [9.17, 15) is 10.1 Å². The summed E-state index contributed by atoms with van der Waals surface area (Å²) in [6.45, 7) is 0. The second kappa shape index (κ2) is 8.15. The minimum atomic E-state index is 0.274. The summed E-state index contributed by atoms with van der Waals surface area (Å²) in [4.78, 5) is 10.8. The third-order valence-corrected chi connectivity index (χ3v) is 4.63. The quantitative estimate of drug-likeness (QED) is 0.393. The third kappa shape index (κ3) is 3.87. The van der Waals surface area contributed by atoms with E-state index in [2.05, 4.69) is 21.5 Å². The molecule has 138 valence electrons. The summed E-state index contributed by atoms with van der Waals surface area (Å²) in [5, 5.41) is 19.6. The minimum Gasteiger partial charge on any atom is -0.298 e. The zero-order valence-electron chi connectivity index (χ0n) is 15.4. The predicted octanol–water partition coefficient (Wildman–Crippen LogP) is 4.99. The zero-order valence-corrected chi connectivity index (χ0v) is 15.4. The number of nitrogens with zero attached hydrogens (tertiary/aromatic N) is 3. The van der Waals surface area contributed by atoms with Gasteiger partial charge in [-0.2, -0.15) is 5.26 Å². The van der Waals surface area contributed by atoms with Gasteiger partial charge in [0.25, 0.3) is 0 Å². The first-order valence-corrected chi connectivity index (χ1v) is 9.03. The van der Waals surface area contributed by atoms with Crippen molar-refractivity contribution in [3.8, 4) is 28.5 Å². The normalized spacial score (nSPS) is 10.7. The number of carbonyl (C=O) groups is 1. The zero-order chi connectivity index (χ0) is 20.1. The summed E-state index contributed by atoms with van der Waals surface area (Å²) in [5.74, 6) is 0. The summed E-state index contributed by atoms with van der Waals surface area (Å²) in [5.41, 5.74) is 6.59. The van der Waals surface area contributed by atoms with Crippen LogP contribution in [-0.4, -0.2) is 21.7 Å². The largest absolute Gasteiger partial charge is 0.298 e. The van der Waals surface area contributed by atoms with E-state index in [-0.39, 0.29) is 5.69 Å². The summed E-state index contributed by atoms with van der Waals surface area (Å²) in [6.07, 6.45) is 4.87. The first-order valence-electron chi connectivity index (χ1n) is 9.03. The summed E-state index contributed by atoms with van der Waals surface area (Å²) >= 11 is 0. The van der Waals surface area contributed by atoms with Crippen LogP contribution >= 0.6 is 0 Å². The lowest BCUT2D eigenvalue weighted by Crippen LogP contribution is -1.86. The maximum absolute atomic E-state index is 10.8. The Morgan fingerprint density at radius 1 is 0.828 bits per heavy atom. The van der Waals surface area contributed by atoms with Crippen LogP contribution in [0.2, 0.25) is 0 Å². The van der Waals surface area contributed by atoms with Crippen LogP contribution in [0.4, 0.5) is 0 Å². The van der Waals surface area contributed by atoms with Gasteiger partial charge in [0.15, 0.2) is 5.69 Å². The number of nitrogens with one attached hydrogen (secondary N) is 1. The molecular weight excluding hydrogens is 360 g/mol. The van der Waals surface area contributed by atoms with Crippen LogP contribution in [0.1, 0.15) is 27.2 Å². The fraction of sp³-hybridized carbons (Fsp3) is 0. The van der Waals surface area contributed by atoms with Crippen LogP contribution in [0.25, 0.3) is 34.5 Å². The van der Waals surface area contributed by atoms with Gasteiger partial charge in [-0.1, -0.05) is 90.2 Å². The number of aromatic amines is 1. The molecule has 4 rings (SSSR count). The molecule has 0 amide bonds. The summed E-state index contributed by atoms with van der Waals surface area (Å²) in [6, 6.07) is 25.5. The van der Waals surface area contributed by atoms with Gasteiger partial charge in [-0.05, 0) is 22.3 Å². The Labute approximate surface area is 168 Å². The molecular formula is C24H16N4O. The van der Waals surface area contributed by atoms with E-state index in [0.29, 0.717) is 11.3 Å². The van der Waals surface area contributed by atoms with E-state index >= 15 is 0 Å². The second-order valence-corrected chi connectivity index (χ2v) is 6.43. The Kier molecular flexibility index (Phi) is 5.08. The Morgan fingerprint density at radius 2 is 1.48 bits per heavy atom. The van der Waals surface area contributed by atoms with Crippen LogP contribution in [0, 0.1) is 11.3 Å². The molecule has 0 aliphatic carbocycles. The second-order valence-electron chi connectivity index (χ2n) is 6.43. The van der Waals surface area contributed by atoms with Gasteiger partial charge >= 0.3 is 0 Å². The number of aldehydes is 1. The average molecular weight is 376 g/mol. The highest BCUT2D eigenvalue weighted by Crippen LogP contribution is 2.26. The number of hydrogen-bond acceptors (Lipinski definition) is 4. The molecule has 29 heavy (non-hydrogen) atoms. The minimum absolute atomic E-state index is 0.274. The molecule has 3 aromatic carbocycles. The van der Waals surface area contributed by atoms with E-state index in [1.54, 1.807) is 0 Å². The highest BCUT2D eigenvalue weighted by Gasteiger charge is 2.11. The van der Waals surface area contributed by atoms with Gasteiger partial charge in [0, 0.05) is 11.1 Å². The molecule has 4 aromatic rings. The molecule has 5 nitrogen and oxygen atoms in total. The molecule has 0 saturated carbocycles. The monoisotopic (exact) mass is 376 g/mol. The van der Waals surface area contributed by atoms with Crippen molar-refractivity contribution in [1.29, 1.82) is 5.26 Å². The van der Waals surface area contributed by atoms with Crippen molar-refractivity contribution in [3.05, 3.63) is 95.2 Å². The number of benzene rings is 3. The highest BCUT2D eigenvalue weighted by molar-refractivity contribution is 5.81. The summed E-state index contributed by atoms with van der Waals surface area (Å²) < 4.78 is 0. The topological polar surface area (TPSA) is 82.4 Å². The van der Waals surface area contributed by atoms with Crippen molar-refractivity contribution in [2.75, 3.05) is 0 Å². The Balaban J connectivity index is 1.59. The molecule has 0 bridgehead atoms. The van der Waals surface area contributed by atoms with Gasteiger partial charge in [0.2, 0.25) is 0 Å². The fourth-order valence-electron chi connectivity index (χ4n) is 3.09. The fourth-order valence-corrected chi connectivity index (χ4v) is 3.09. The van der Waals surface area contributed by atoms with Gasteiger partial charge in [-0.15, -0.1) is 5.10 Å². The molecule has 0 saturated heterocycles. The van der Waals surface area contributed by atoms with E-state index in [1.807, 2.05) is 84.9 Å². The van der Waals surface area contributed by atoms with E-state index < -0.39 is 0 Å². The Bertz CT molecular complexity index is 1210. The lowest BCUT2D eigenvalue weighted by atomic mass is 10.0. The number of nitriles is 1. The molecule has 0 atom stereocenters. The predicted molar refractivity (Wildman–Crippen MR) is 113 cm³/mol. The lowest BCUT2D eigenvalue weighted by Gasteiger charge is -2.04. The molecule has 1 aromatic heterocycles. The van der Waals surface area contributed by atoms with Crippen LogP contribution in [-0.2, 0) is 0 Å². The standard InChI is InChI=1S/C24H16N4O/c25-15-23-24(27-28-26-23)22-4-2-1-3-21(22)14-7-17-5-10-19(11-6-17)20-12-8-18(16-29)9-13-20/h1-14,16H,(H,26,27,28). The molecule has 0 spiro atoms. The molecule has 1 heterocycles. The number of carbonyl (C=O) groups excluding carboxylic acids is 1. The molecule has 0 unspecified atom stereocenters. The van der Waals surface area contributed by atoms with Gasteiger partial charge in [-0.3, -0.25) is 9.89 Å². The van der Waals surface area contributed by atoms with Crippen LogP contribution in [0.15, 0.2) is 72.8 Å². The van der Waals surface area contributed by atoms with Crippen molar-refractivity contribution in [2.24, 2.45) is 0 Å². The van der Waals surface area contributed by atoms with E-state index in [0.717, 1.165) is 34.1 Å². The van der Waals surface area contributed by atoms with Crippen molar-refractivity contribution < 1.29 is 4.79 Å². The van der Waals surface area contributed by atoms with Crippen molar-refractivity contribution in [3.63, 3.8) is 0 Å². The van der Waals surface area contributed by atoms with Crippen molar-refractivity contribution in [2.45, 2.75) is 0 Å². The lowest BCUT2D eigenvalue weighted by molar-refractivity contribution is 0.112. The maximum Gasteiger partial charge on any atom is 0.190 e. The average Bonchev–Trinajstić information content (AvgIpc) is 3.27. The number of hydrogen-bond donors (Lipinski definition) is 1. The third-order valence-electron chi connectivity index (χ3n) is 4.63. The molecule has 5 heteroatoms. The van der Waals surface area contributed by atoms with Crippen LogP contribution in [0.5, 0.6) is 0 Å². The van der Waals surface area contributed by atoms with Gasteiger partial charge in [0.1, 0.15) is 18.0 Å². The van der Waals surface area contributed by atoms with E-state index in [1.165, 1.54) is 0 Å². The number of rotatable bonds is 5. The van der Waals surface area contributed by atoms with Gasteiger partial charge < -0.3 is 0 Å². The summed E-state index contributed by atoms with van der Waals surface area (Å²) in [7, 11) is 0. The highest BCUT2D eigenvalue weighted by atomic mass is 16.1. The molecule has 0 aliphatic heterocycles. The Hall–Kier alpha value is -4.30. The smallest absolute Gasteiger partial charge is 0.190 e. The van der Waals surface area contributed by atoms with E-state index in [4.69, 9.17) is 0 Å².